The molecule has 1 N–H and O–H groups in total. The SMILES string of the molecule is Cc1nc(Cl)sc1S(=O)(=O)N1CCNC(=O)CC1. The number of halogens is 1. The van der Waals surface area contributed by atoms with Crippen LogP contribution in [-0.4, -0.2) is 43.2 Å². The first-order valence-corrected chi connectivity index (χ1v) is 7.94. The fourth-order valence-corrected chi connectivity index (χ4v) is 5.01. The molecule has 6 nitrogen and oxygen atoms in total. The second kappa shape index (κ2) is 5.12. The minimum Gasteiger partial charge on any atom is -0.355 e. The van der Waals surface area contributed by atoms with Crippen molar-refractivity contribution in [2.45, 2.75) is 17.6 Å². The maximum atomic E-state index is 12.4. The maximum absolute atomic E-state index is 12.4. The number of hydrogen-bond donors (Lipinski definition) is 1. The monoisotopic (exact) mass is 309 g/mol. The highest BCUT2D eigenvalue weighted by atomic mass is 35.5. The predicted molar refractivity (Wildman–Crippen MR) is 68.2 cm³/mol. The molecule has 1 aromatic heterocycles. The van der Waals surface area contributed by atoms with Gasteiger partial charge >= 0.3 is 0 Å². The minimum absolute atomic E-state index is 0.133. The Hall–Kier alpha value is -0.700. The quantitative estimate of drug-likeness (QED) is 0.868. The summed E-state index contributed by atoms with van der Waals surface area (Å²) in [4.78, 5) is 15.1. The lowest BCUT2D eigenvalue weighted by molar-refractivity contribution is -0.120. The van der Waals surface area contributed by atoms with Crippen LogP contribution in [0.1, 0.15) is 12.1 Å². The van der Waals surface area contributed by atoms with Gasteiger partial charge in [0.1, 0.15) is 0 Å². The molecule has 9 heteroatoms. The Bertz CT molecular complexity index is 570. The molecule has 1 aliphatic heterocycles. The molecule has 0 aliphatic carbocycles. The van der Waals surface area contributed by atoms with Gasteiger partial charge in [-0.2, -0.15) is 4.31 Å². The summed E-state index contributed by atoms with van der Waals surface area (Å²) in [5.41, 5.74) is 0.397. The molecule has 0 unspecified atom stereocenters. The van der Waals surface area contributed by atoms with E-state index in [1.165, 1.54) is 4.31 Å². The number of amides is 1. The molecule has 100 valence electrons. The van der Waals surface area contributed by atoms with Gasteiger partial charge in [0.2, 0.25) is 5.91 Å². The largest absolute Gasteiger partial charge is 0.355 e. The molecule has 1 amide bonds. The van der Waals surface area contributed by atoms with E-state index in [0.717, 1.165) is 11.3 Å². The van der Waals surface area contributed by atoms with Gasteiger partial charge in [-0.1, -0.05) is 22.9 Å². The number of sulfonamides is 1. The number of nitrogens with zero attached hydrogens (tertiary/aromatic N) is 2. The summed E-state index contributed by atoms with van der Waals surface area (Å²) >= 11 is 6.67. The van der Waals surface area contributed by atoms with Crippen molar-refractivity contribution < 1.29 is 13.2 Å². The zero-order valence-electron chi connectivity index (χ0n) is 9.64. The molecule has 1 saturated heterocycles. The van der Waals surface area contributed by atoms with Crippen LogP contribution in [0.25, 0.3) is 0 Å². The van der Waals surface area contributed by atoms with Gasteiger partial charge in [-0.15, -0.1) is 0 Å². The van der Waals surface area contributed by atoms with Crippen LogP contribution in [0.3, 0.4) is 0 Å². The van der Waals surface area contributed by atoms with Gasteiger partial charge in [-0.3, -0.25) is 4.79 Å². The van der Waals surface area contributed by atoms with Crippen LogP contribution >= 0.6 is 22.9 Å². The van der Waals surface area contributed by atoms with Crippen molar-refractivity contribution in [1.29, 1.82) is 0 Å². The maximum Gasteiger partial charge on any atom is 0.254 e. The molecule has 2 heterocycles. The van der Waals surface area contributed by atoms with Gasteiger partial charge in [0.05, 0.1) is 5.69 Å². The van der Waals surface area contributed by atoms with Crippen molar-refractivity contribution in [3.8, 4) is 0 Å². The van der Waals surface area contributed by atoms with Crippen molar-refractivity contribution in [1.82, 2.24) is 14.6 Å². The standard InChI is InChI=1S/C9H12ClN3O3S2/c1-6-8(17-9(10)12-6)18(15,16)13-4-2-7(14)11-3-5-13/h2-5H2,1H3,(H,11,14). The minimum atomic E-state index is -3.61. The van der Waals surface area contributed by atoms with Gasteiger partial charge < -0.3 is 5.32 Å². The van der Waals surface area contributed by atoms with E-state index in [2.05, 4.69) is 10.3 Å². The zero-order valence-corrected chi connectivity index (χ0v) is 12.0. The third-order valence-electron chi connectivity index (χ3n) is 2.57. The van der Waals surface area contributed by atoms with Crippen LogP contribution in [0.5, 0.6) is 0 Å². The number of rotatable bonds is 2. The Balaban J connectivity index is 2.30. The van der Waals surface area contributed by atoms with Gasteiger partial charge in [0.15, 0.2) is 8.68 Å². The highest BCUT2D eigenvalue weighted by Gasteiger charge is 2.30. The molecular formula is C9H12ClN3O3S2. The summed E-state index contributed by atoms with van der Waals surface area (Å²) in [6, 6.07) is 0. The van der Waals surface area contributed by atoms with Crippen LogP contribution < -0.4 is 5.32 Å². The van der Waals surface area contributed by atoms with E-state index in [4.69, 9.17) is 11.6 Å². The van der Waals surface area contributed by atoms with E-state index in [0.29, 0.717) is 12.2 Å². The lowest BCUT2D eigenvalue weighted by Crippen LogP contribution is -2.34. The number of carbonyl (C=O) groups excluding carboxylic acids is 1. The average Bonchev–Trinajstić information content (AvgIpc) is 2.49. The molecule has 1 fully saturated rings. The molecule has 1 aliphatic rings. The first-order chi connectivity index (χ1) is 8.41. The summed E-state index contributed by atoms with van der Waals surface area (Å²) in [5, 5.41) is 2.63. The summed E-state index contributed by atoms with van der Waals surface area (Å²) in [6.07, 6.45) is 0.171. The summed E-state index contributed by atoms with van der Waals surface area (Å²) in [6.45, 7) is 2.38. The molecule has 0 radical (unpaired) electrons. The van der Waals surface area contributed by atoms with Crippen LogP contribution in [0.15, 0.2) is 4.21 Å². The van der Waals surface area contributed by atoms with Gasteiger partial charge in [-0.25, -0.2) is 13.4 Å². The summed E-state index contributed by atoms with van der Waals surface area (Å²) in [5.74, 6) is -0.133. The molecule has 1 aromatic rings. The van der Waals surface area contributed by atoms with Gasteiger partial charge in [0, 0.05) is 26.1 Å². The van der Waals surface area contributed by atoms with E-state index in [9.17, 15) is 13.2 Å². The van der Waals surface area contributed by atoms with Gasteiger partial charge in [0.25, 0.3) is 10.0 Å². The van der Waals surface area contributed by atoms with Crippen molar-refractivity contribution in [3.05, 3.63) is 10.2 Å². The summed E-state index contributed by atoms with van der Waals surface area (Å²) < 4.78 is 26.4. The average molecular weight is 310 g/mol. The first-order valence-electron chi connectivity index (χ1n) is 5.31. The number of hydrogen-bond acceptors (Lipinski definition) is 5. The molecule has 0 saturated carbocycles. The lowest BCUT2D eigenvalue weighted by atomic mass is 10.4. The summed E-state index contributed by atoms with van der Waals surface area (Å²) in [7, 11) is -3.61. The van der Waals surface area contributed by atoms with E-state index in [1.807, 2.05) is 0 Å². The van der Waals surface area contributed by atoms with Gasteiger partial charge in [-0.05, 0) is 6.92 Å². The van der Waals surface area contributed by atoms with E-state index < -0.39 is 10.0 Å². The van der Waals surface area contributed by atoms with Crippen LogP contribution in [0.2, 0.25) is 4.47 Å². The highest BCUT2D eigenvalue weighted by Crippen LogP contribution is 2.29. The smallest absolute Gasteiger partial charge is 0.254 e. The van der Waals surface area contributed by atoms with E-state index in [-0.39, 0.29) is 34.1 Å². The Kier molecular flexibility index (Phi) is 3.90. The molecule has 0 atom stereocenters. The predicted octanol–water partition coefficient (Wildman–Crippen LogP) is 0.616. The van der Waals surface area contributed by atoms with E-state index >= 15 is 0 Å². The van der Waals surface area contributed by atoms with Crippen LogP contribution in [0.4, 0.5) is 0 Å². The Morgan fingerprint density at radius 2 is 2.17 bits per heavy atom. The Labute approximate surface area is 114 Å². The number of carbonyl (C=O) groups is 1. The zero-order chi connectivity index (χ0) is 13.3. The molecular weight excluding hydrogens is 298 g/mol. The molecule has 0 spiro atoms. The second-order valence-corrected chi connectivity index (χ2v) is 7.56. The molecule has 0 aromatic carbocycles. The van der Waals surface area contributed by atoms with Crippen molar-refractivity contribution in [2.75, 3.05) is 19.6 Å². The van der Waals surface area contributed by atoms with Crippen LogP contribution in [-0.2, 0) is 14.8 Å². The normalized spacial score (nSPS) is 18.4. The highest BCUT2D eigenvalue weighted by molar-refractivity contribution is 7.91. The second-order valence-electron chi connectivity index (χ2n) is 3.84. The lowest BCUT2D eigenvalue weighted by Gasteiger charge is -2.18. The topological polar surface area (TPSA) is 79.4 Å². The van der Waals surface area contributed by atoms with Crippen molar-refractivity contribution in [3.63, 3.8) is 0 Å². The Morgan fingerprint density at radius 1 is 1.44 bits per heavy atom. The third kappa shape index (κ3) is 2.66. The van der Waals surface area contributed by atoms with E-state index in [1.54, 1.807) is 6.92 Å². The third-order valence-corrected chi connectivity index (χ3v) is 6.32. The van der Waals surface area contributed by atoms with Crippen molar-refractivity contribution in [2.24, 2.45) is 0 Å². The molecule has 0 bridgehead atoms. The van der Waals surface area contributed by atoms with Crippen LogP contribution in [0, 0.1) is 6.92 Å². The Morgan fingerprint density at radius 3 is 2.78 bits per heavy atom. The number of aromatic nitrogens is 1. The molecule has 18 heavy (non-hydrogen) atoms. The fraction of sp³-hybridized carbons (Fsp3) is 0.556. The van der Waals surface area contributed by atoms with Crippen molar-refractivity contribution >= 4 is 38.9 Å². The number of thiazole rings is 1. The first kappa shape index (κ1) is 13.7. The number of nitrogens with one attached hydrogen (secondary N) is 1. The number of aryl methyl sites for hydroxylation is 1. The fourth-order valence-electron chi connectivity index (χ4n) is 1.69. The molecule has 2 rings (SSSR count).